The Labute approximate surface area is 241 Å². The van der Waals surface area contributed by atoms with Gasteiger partial charge < -0.3 is 35.3 Å². The van der Waals surface area contributed by atoms with Crippen LogP contribution in [0.2, 0.25) is 0 Å². The maximum absolute atomic E-state index is 12.3. The molecule has 0 aliphatic heterocycles. The molecule has 0 aliphatic rings. The molecule has 2 heterocycles. The minimum Gasteiger partial charge on any atom is -0.382 e. The molecule has 2 aromatic rings. The van der Waals surface area contributed by atoms with Crippen LogP contribution in [0.5, 0.6) is 0 Å². The maximum Gasteiger partial charge on any atom is 0.353 e. The second-order valence-corrected chi connectivity index (χ2v) is 12.3. The van der Waals surface area contributed by atoms with Crippen LogP contribution < -0.4 is 11.9 Å². The lowest BCUT2D eigenvalue weighted by molar-refractivity contribution is 0.0610. The van der Waals surface area contributed by atoms with Gasteiger partial charge in [0.05, 0.1) is 32.2 Å². The van der Waals surface area contributed by atoms with Crippen LogP contribution in [0.15, 0.2) is 12.7 Å². The number of aromatic nitrogens is 4. The first-order valence-corrected chi connectivity index (χ1v) is 16.8. The molecular formula is C28H55N6O5P. The molecule has 6 N–H and O–H groups in total. The standard InChI is InChI=1S/C28H52N5O5P.H3N/c1-3-4-5-6-7-8-9-10-11-12-13-14-15-16-17-18-36-19-20-38-39(34,35)24-37-25(2)21-33-23-32-26-27(29)30-22-31-28(26)33;/h22-23,25H,3-21,24H2,1-2H3,(H,34,35)(H2,29,30,31);1H3. The lowest BCUT2D eigenvalue weighted by Crippen LogP contribution is -2.18. The molecule has 40 heavy (non-hydrogen) atoms. The highest BCUT2D eigenvalue weighted by molar-refractivity contribution is 7.52. The van der Waals surface area contributed by atoms with Crippen LogP contribution in [0.1, 0.15) is 110 Å². The smallest absolute Gasteiger partial charge is 0.353 e. The Morgan fingerprint density at radius 3 is 2.05 bits per heavy atom. The van der Waals surface area contributed by atoms with Crippen LogP contribution in [-0.2, 0) is 25.1 Å². The van der Waals surface area contributed by atoms with Gasteiger partial charge in [-0.15, -0.1) is 0 Å². The van der Waals surface area contributed by atoms with E-state index in [0.29, 0.717) is 36.7 Å². The molecule has 0 saturated heterocycles. The molecule has 2 atom stereocenters. The van der Waals surface area contributed by atoms with Crippen LogP contribution in [0.25, 0.3) is 11.2 Å². The van der Waals surface area contributed by atoms with Crippen molar-refractivity contribution in [3.8, 4) is 0 Å². The largest absolute Gasteiger partial charge is 0.382 e. The number of imidazole rings is 1. The molecule has 12 heteroatoms. The van der Waals surface area contributed by atoms with Gasteiger partial charge in [-0.2, -0.15) is 0 Å². The first kappa shape index (κ1) is 36.4. The van der Waals surface area contributed by atoms with Gasteiger partial charge >= 0.3 is 7.60 Å². The van der Waals surface area contributed by atoms with E-state index >= 15 is 0 Å². The van der Waals surface area contributed by atoms with Gasteiger partial charge in [0, 0.05) is 6.61 Å². The van der Waals surface area contributed by atoms with Crippen molar-refractivity contribution in [2.45, 2.75) is 123 Å². The van der Waals surface area contributed by atoms with Crippen LogP contribution >= 0.6 is 7.60 Å². The molecule has 11 nitrogen and oxygen atoms in total. The molecular weight excluding hydrogens is 531 g/mol. The molecule has 2 unspecified atom stereocenters. The number of hydrogen-bond donors (Lipinski definition) is 3. The minimum absolute atomic E-state index is 0. The Morgan fingerprint density at radius 2 is 1.45 bits per heavy atom. The third-order valence-electron chi connectivity index (χ3n) is 6.82. The van der Waals surface area contributed by atoms with E-state index in [2.05, 4.69) is 21.9 Å². The van der Waals surface area contributed by atoms with Crippen molar-refractivity contribution < 1.29 is 23.5 Å². The van der Waals surface area contributed by atoms with E-state index in [-0.39, 0.29) is 18.9 Å². The summed E-state index contributed by atoms with van der Waals surface area (Å²) in [5.74, 6) is 0.308. The number of unbranched alkanes of at least 4 members (excludes halogenated alkanes) is 14. The van der Waals surface area contributed by atoms with Crippen molar-refractivity contribution in [3.63, 3.8) is 0 Å². The van der Waals surface area contributed by atoms with E-state index in [9.17, 15) is 9.46 Å². The van der Waals surface area contributed by atoms with E-state index in [1.54, 1.807) is 17.8 Å². The van der Waals surface area contributed by atoms with Gasteiger partial charge in [0.25, 0.3) is 0 Å². The fourth-order valence-corrected chi connectivity index (χ4v) is 5.41. The van der Waals surface area contributed by atoms with E-state index < -0.39 is 13.9 Å². The topological polar surface area (TPSA) is 170 Å². The fraction of sp³-hybridized carbons (Fsp3) is 0.821. The lowest BCUT2D eigenvalue weighted by Gasteiger charge is -2.17. The van der Waals surface area contributed by atoms with Crippen molar-refractivity contribution in [2.24, 2.45) is 0 Å². The van der Waals surface area contributed by atoms with E-state index in [4.69, 9.17) is 19.7 Å². The van der Waals surface area contributed by atoms with Gasteiger partial charge in [0.15, 0.2) is 11.5 Å². The Kier molecular flexibility index (Phi) is 20.1. The molecule has 2 rings (SSSR count). The molecule has 0 amide bonds. The summed E-state index contributed by atoms with van der Waals surface area (Å²) in [5, 5.41) is 0. The van der Waals surface area contributed by atoms with Crippen molar-refractivity contribution in [3.05, 3.63) is 12.7 Å². The first-order chi connectivity index (χ1) is 18.9. The Balaban J connectivity index is 0.00000800. The predicted molar refractivity (Wildman–Crippen MR) is 162 cm³/mol. The van der Waals surface area contributed by atoms with Gasteiger partial charge in [-0.25, -0.2) is 15.0 Å². The van der Waals surface area contributed by atoms with Crippen LogP contribution in [0, 0.1) is 0 Å². The molecule has 0 spiro atoms. The molecule has 0 saturated carbocycles. The molecule has 0 aromatic carbocycles. The second kappa shape index (κ2) is 22.0. The zero-order valence-corrected chi connectivity index (χ0v) is 25.9. The summed E-state index contributed by atoms with van der Waals surface area (Å²) >= 11 is 0. The van der Waals surface area contributed by atoms with Crippen molar-refractivity contribution >= 4 is 24.6 Å². The van der Waals surface area contributed by atoms with Gasteiger partial charge in [-0.1, -0.05) is 96.8 Å². The molecule has 2 aromatic heterocycles. The zero-order chi connectivity index (χ0) is 28.2. The Bertz CT molecular complexity index is 947. The van der Waals surface area contributed by atoms with Crippen LogP contribution in [0.4, 0.5) is 5.82 Å². The van der Waals surface area contributed by atoms with Crippen LogP contribution in [0.3, 0.4) is 0 Å². The number of fused-ring (bicyclic) bond motifs is 1. The Morgan fingerprint density at radius 1 is 0.875 bits per heavy atom. The third kappa shape index (κ3) is 16.0. The molecule has 0 radical (unpaired) electrons. The zero-order valence-electron chi connectivity index (χ0n) is 25.0. The summed E-state index contributed by atoms with van der Waals surface area (Å²) in [6, 6.07) is 0. The highest BCUT2D eigenvalue weighted by atomic mass is 31.2. The number of nitrogen functional groups attached to an aromatic ring is 1. The van der Waals surface area contributed by atoms with E-state index in [0.717, 1.165) is 12.8 Å². The summed E-state index contributed by atoms with van der Waals surface area (Å²) in [5.41, 5.74) is 6.91. The molecule has 0 fully saturated rings. The highest BCUT2D eigenvalue weighted by Gasteiger charge is 2.21. The van der Waals surface area contributed by atoms with Crippen LogP contribution in [-0.4, -0.2) is 56.7 Å². The molecule has 232 valence electrons. The molecule has 0 aliphatic carbocycles. The maximum atomic E-state index is 12.3. The fourth-order valence-electron chi connectivity index (χ4n) is 4.54. The SMILES string of the molecule is CCCCCCCCCCCCCCCCCOCCOP(=O)(O)COC(C)Cn1cnc2c(N)ncnc21.N. The van der Waals surface area contributed by atoms with Crippen molar-refractivity contribution in [1.82, 2.24) is 25.7 Å². The summed E-state index contributed by atoms with van der Waals surface area (Å²) < 4.78 is 30.3. The number of ether oxygens (including phenoxy) is 2. The summed E-state index contributed by atoms with van der Waals surface area (Å²) in [6.07, 6.45) is 22.2. The number of nitrogens with zero attached hydrogens (tertiary/aromatic N) is 4. The number of nitrogens with two attached hydrogens (primary N) is 1. The minimum atomic E-state index is -3.86. The number of anilines is 1. The monoisotopic (exact) mass is 586 g/mol. The quantitative estimate of drug-likeness (QED) is 0.0811. The second-order valence-electron chi connectivity index (χ2n) is 10.5. The van der Waals surface area contributed by atoms with Crippen molar-refractivity contribution in [1.29, 1.82) is 0 Å². The summed E-state index contributed by atoms with van der Waals surface area (Å²) in [4.78, 5) is 22.4. The van der Waals surface area contributed by atoms with Crippen molar-refractivity contribution in [2.75, 3.05) is 31.9 Å². The third-order valence-corrected chi connectivity index (χ3v) is 7.88. The van der Waals surface area contributed by atoms with Gasteiger partial charge in [-0.05, 0) is 13.3 Å². The average Bonchev–Trinajstić information content (AvgIpc) is 3.32. The summed E-state index contributed by atoms with van der Waals surface area (Å²) in [7, 11) is -3.86. The average molecular weight is 587 g/mol. The normalized spacial score (nSPS) is 13.8. The highest BCUT2D eigenvalue weighted by Crippen LogP contribution is 2.41. The van der Waals surface area contributed by atoms with E-state index in [1.165, 1.54) is 89.8 Å². The first-order valence-electron chi connectivity index (χ1n) is 15.0. The lowest BCUT2D eigenvalue weighted by atomic mass is 10.0. The Hall–Kier alpha value is -1.62. The van der Waals surface area contributed by atoms with Gasteiger partial charge in [0.1, 0.15) is 18.2 Å². The molecule has 0 bridgehead atoms. The van der Waals surface area contributed by atoms with Gasteiger partial charge in [-0.3, -0.25) is 4.57 Å². The predicted octanol–water partition coefficient (Wildman–Crippen LogP) is 7.02. The number of hydrogen-bond acceptors (Lipinski definition) is 9. The number of rotatable bonds is 25. The summed E-state index contributed by atoms with van der Waals surface area (Å²) in [6.45, 7) is 5.48. The van der Waals surface area contributed by atoms with Gasteiger partial charge in [0.2, 0.25) is 0 Å². The van der Waals surface area contributed by atoms with E-state index in [1.807, 2.05) is 0 Å².